The molecule has 0 amide bonds. The summed E-state index contributed by atoms with van der Waals surface area (Å²) < 4.78 is 0. The highest BCUT2D eigenvalue weighted by molar-refractivity contribution is 6.35. The van der Waals surface area contributed by atoms with Crippen molar-refractivity contribution in [3.63, 3.8) is 0 Å². The van der Waals surface area contributed by atoms with Crippen LogP contribution < -0.4 is 10.6 Å². The standard InChI is InChI=1S/C15H18Cl2N4/c1-9(2)8-18-14-4-10(3)19-15(21-14)20-13-6-11(16)5-12(17)7-13/h4-7,9H,8H2,1-3H3,(H2,18,19,20,21). The summed E-state index contributed by atoms with van der Waals surface area (Å²) in [5, 5.41) is 7.55. The molecule has 0 radical (unpaired) electrons. The van der Waals surface area contributed by atoms with Crippen molar-refractivity contribution in [3.8, 4) is 0 Å². The SMILES string of the molecule is Cc1cc(NCC(C)C)nc(Nc2cc(Cl)cc(Cl)c2)n1. The van der Waals surface area contributed by atoms with Gasteiger partial charge in [0, 0.05) is 34.0 Å². The molecule has 0 spiro atoms. The molecule has 0 aliphatic heterocycles. The normalized spacial score (nSPS) is 10.8. The Bertz CT molecular complexity index is 609. The van der Waals surface area contributed by atoms with E-state index in [0.29, 0.717) is 21.9 Å². The molecule has 2 aromatic rings. The molecule has 0 unspecified atom stereocenters. The number of aryl methyl sites for hydroxylation is 1. The maximum atomic E-state index is 5.99. The zero-order valence-corrected chi connectivity index (χ0v) is 13.8. The molecule has 0 bridgehead atoms. The Balaban J connectivity index is 2.19. The quantitative estimate of drug-likeness (QED) is 0.820. The lowest BCUT2D eigenvalue weighted by atomic mass is 10.2. The van der Waals surface area contributed by atoms with E-state index in [4.69, 9.17) is 23.2 Å². The van der Waals surface area contributed by atoms with Crippen LogP contribution >= 0.6 is 23.2 Å². The molecular formula is C15H18Cl2N4. The molecule has 112 valence electrons. The Morgan fingerprint density at radius 2 is 1.71 bits per heavy atom. The van der Waals surface area contributed by atoms with Gasteiger partial charge in [0.25, 0.3) is 0 Å². The maximum Gasteiger partial charge on any atom is 0.229 e. The highest BCUT2D eigenvalue weighted by Gasteiger charge is 2.05. The van der Waals surface area contributed by atoms with Crippen LogP contribution in [0.4, 0.5) is 17.5 Å². The first-order valence-corrected chi connectivity index (χ1v) is 7.50. The third-order valence-electron chi connectivity index (χ3n) is 2.66. The molecule has 1 aromatic carbocycles. The van der Waals surface area contributed by atoms with E-state index in [9.17, 15) is 0 Å². The zero-order chi connectivity index (χ0) is 15.4. The summed E-state index contributed by atoms with van der Waals surface area (Å²) in [7, 11) is 0. The summed E-state index contributed by atoms with van der Waals surface area (Å²) in [6.07, 6.45) is 0. The molecule has 0 saturated carbocycles. The van der Waals surface area contributed by atoms with Crippen molar-refractivity contribution in [3.05, 3.63) is 40.0 Å². The van der Waals surface area contributed by atoms with E-state index >= 15 is 0 Å². The van der Waals surface area contributed by atoms with E-state index < -0.39 is 0 Å². The summed E-state index contributed by atoms with van der Waals surface area (Å²) in [5.41, 5.74) is 1.64. The maximum absolute atomic E-state index is 5.99. The Morgan fingerprint density at radius 1 is 1.05 bits per heavy atom. The van der Waals surface area contributed by atoms with Gasteiger partial charge in [-0.25, -0.2) is 4.98 Å². The van der Waals surface area contributed by atoms with Gasteiger partial charge in [-0.05, 0) is 31.0 Å². The minimum absolute atomic E-state index is 0.514. The third kappa shape index (κ3) is 5.06. The van der Waals surface area contributed by atoms with Gasteiger partial charge in [0.05, 0.1) is 0 Å². The minimum Gasteiger partial charge on any atom is -0.370 e. The Hall–Kier alpha value is -1.52. The van der Waals surface area contributed by atoms with Gasteiger partial charge in [-0.15, -0.1) is 0 Å². The second-order valence-corrected chi connectivity index (χ2v) is 6.15. The van der Waals surface area contributed by atoms with E-state index in [0.717, 1.165) is 23.7 Å². The van der Waals surface area contributed by atoms with Gasteiger partial charge in [0.1, 0.15) is 5.82 Å². The number of nitrogens with one attached hydrogen (secondary N) is 2. The van der Waals surface area contributed by atoms with Gasteiger partial charge in [-0.1, -0.05) is 37.0 Å². The molecule has 21 heavy (non-hydrogen) atoms. The van der Waals surface area contributed by atoms with Crippen LogP contribution in [0.3, 0.4) is 0 Å². The van der Waals surface area contributed by atoms with Crippen LogP contribution in [0.2, 0.25) is 10.0 Å². The Kier molecular flexibility index (Phi) is 5.26. The van der Waals surface area contributed by atoms with E-state index in [1.807, 2.05) is 13.0 Å². The molecule has 0 aliphatic rings. The fourth-order valence-corrected chi connectivity index (χ4v) is 2.30. The smallest absolute Gasteiger partial charge is 0.229 e. The number of hydrogen-bond acceptors (Lipinski definition) is 4. The molecule has 0 saturated heterocycles. The molecule has 6 heteroatoms. The lowest BCUT2D eigenvalue weighted by Gasteiger charge is -2.11. The predicted molar refractivity (Wildman–Crippen MR) is 89.8 cm³/mol. The first-order valence-electron chi connectivity index (χ1n) is 6.75. The zero-order valence-electron chi connectivity index (χ0n) is 12.2. The first kappa shape index (κ1) is 15.9. The van der Waals surface area contributed by atoms with Crippen LogP contribution in [0, 0.1) is 12.8 Å². The number of benzene rings is 1. The average molecular weight is 325 g/mol. The van der Waals surface area contributed by atoms with Crippen molar-refractivity contribution in [2.45, 2.75) is 20.8 Å². The van der Waals surface area contributed by atoms with Crippen molar-refractivity contribution in [1.29, 1.82) is 0 Å². The number of hydrogen-bond donors (Lipinski definition) is 2. The molecule has 4 nitrogen and oxygen atoms in total. The summed E-state index contributed by atoms with van der Waals surface area (Å²) >= 11 is 12.0. The van der Waals surface area contributed by atoms with Crippen molar-refractivity contribution < 1.29 is 0 Å². The topological polar surface area (TPSA) is 49.8 Å². The predicted octanol–water partition coefficient (Wildman–Crippen LogP) is 4.90. The van der Waals surface area contributed by atoms with E-state index in [1.54, 1.807) is 18.2 Å². The second-order valence-electron chi connectivity index (χ2n) is 5.28. The van der Waals surface area contributed by atoms with Gasteiger partial charge < -0.3 is 10.6 Å². The number of nitrogens with zero attached hydrogens (tertiary/aromatic N) is 2. The minimum atomic E-state index is 0.514. The van der Waals surface area contributed by atoms with E-state index in [1.165, 1.54) is 0 Å². The van der Waals surface area contributed by atoms with Crippen LogP contribution in [0.15, 0.2) is 24.3 Å². The van der Waals surface area contributed by atoms with Gasteiger partial charge >= 0.3 is 0 Å². The summed E-state index contributed by atoms with van der Waals surface area (Å²) in [5.74, 6) is 1.86. The highest BCUT2D eigenvalue weighted by atomic mass is 35.5. The van der Waals surface area contributed by atoms with E-state index in [2.05, 4.69) is 34.4 Å². The number of anilines is 3. The van der Waals surface area contributed by atoms with Crippen LogP contribution in [-0.2, 0) is 0 Å². The van der Waals surface area contributed by atoms with Crippen molar-refractivity contribution in [2.75, 3.05) is 17.2 Å². The van der Waals surface area contributed by atoms with Crippen LogP contribution in [0.5, 0.6) is 0 Å². The van der Waals surface area contributed by atoms with Gasteiger partial charge in [0.2, 0.25) is 5.95 Å². The molecule has 1 aromatic heterocycles. The summed E-state index contributed by atoms with van der Waals surface area (Å²) in [6.45, 7) is 7.08. The lowest BCUT2D eigenvalue weighted by molar-refractivity contribution is 0.687. The van der Waals surface area contributed by atoms with E-state index in [-0.39, 0.29) is 0 Å². The van der Waals surface area contributed by atoms with Gasteiger partial charge in [-0.3, -0.25) is 0 Å². The lowest BCUT2D eigenvalue weighted by Crippen LogP contribution is -2.10. The third-order valence-corrected chi connectivity index (χ3v) is 3.10. The van der Waals surface area contributed by atoms with Crippen molar-refractivity contribution in [1.82, 2.24) is 9.97 Å². The fraction of sp³-hybridized carbons (Fsp3) is 0.333. The van der Waals surface area contributed by atoms with Crippen LogP contribution in [-0.4, -0.2) is 16.5 Å². The Morgan fingerprint density at radius 3 is 2.33 bits per heavy atom. The fourth-order valence-electron chi connectivity index (χ4n) is 1.78. The summed E-state index contributed by atoms with van der Waals surface area (Å²) in [6, 6.07) is 7.15. The Labute approximate surface area is 134 Å². The molecule has 0 aliphatic carbocycles. The first-order chi connectivity index (χ1) is 9.92. The molecule has 0 fully saturated rings. The van der Waals surface area contributed by atoms with Gasteiger partial charge in [-0.2, -0.15) is 4.98 Å². The number of rotatable bonds is 5. The highest BCUT2D eigenvalue weighted by Crippen LogP contribution is 2.24. The molecule has 1 heterocycles. The van der Waals surface area contributed by atoms with Crippen molar-refractivity contribution >= 4 is 40.7 Å². The second kappa shape index (κ2) is 6.96. The molecule has 0 atom stereocenters. The monoisotopic (exact) mass is 324 g/mol. The van der Waals surface area contributed by atoms with Crippen LogP contribution in [0.1, 0.15) is 19.5 Å². The largest absolute Gasteiger partial charge is 0.370 e. The average Bonchev–Trinajstić information content (AvgIpc) is 2.34. The molecule has 2 N–H and O–H groups in total. The van der Waals surface area contributed by atoms with Crippen molar-refractivity contribution in [2.24, 2.45) is 5.92 Å². The molecule has 2 rings (SSSR count). The number of halogens is 2. The number of aromatic nitrogens is 2. The van der Waals surface area contributed by atoms with Gasteiger partial charge in [0.15, 0.2) is 0 Å². The summed E-state index contributed by atoms with van der Waals surface area (Å²) in [4.78, 5) is 8.81. The molecular weight excluding hydrogens is 307 g/mol. The van der Waals surface area contributed by atoms with Crippen LogP contribution in [0.25, 0.3) is 0 Å².